The molecule has 2 aromatic rings. The lowest BCUT2D eigenvalue weighted by Crippen LogP contribution is -2.49. The number of piperidine rings is 2. The van der Waals surface area contributed by atoms with Crippen molar-refractivity contribution in [1.82, 2.24) is 24.7 Å². The molecule has 1 aliphatic carbocycles. The van der Waals surface area contributed by atoms with E-state index in [0.717, 1.165) is 61.8 Å². The SMILES string of the molecule is CC(=O)N[C@@H](CCN1[C@@H]2C[C@@H](n3c(C)nc4c3CCN(C(=O)C(C)(C)C)C4)CC13C[C@@H]3C2)c1cccc(F)c1. The predicted molar refractivity (Wildman–Crippen MR) is 147 cm³/mol. The molecule has 7 nitrogen and oxygen atoms in total. The van der Waals surface area contributed by atoms with Crippen molar-refractivity contribution in [3.8, 4) is 0 Å². The lowest BCUT2D eigenvalue weighted by Gasteiger charge is -2.44. The molecule has 210 valence electrons. The number of aryl methyl sites for hydroxylation is 1. The molecule has 3 aliphatic heterocycles. The number of imidazole rings is 1. The van der Waals surface area contributed by atoms with Gasteiger partial charge in [-0.15, -0.1) is 0 Å². The minimum atomic E-state index is -0.380. The molecule has 1 spiro atoms. The fraction of sp³-hybridized carbons (Fsp3) is 0.645. The summed E-state index contributed by atoms with van der Waals surface area (Å²) in [7, 11) is 0. The molecule has 1 saturated carbocycles. The average Bonchev–Trinajstić information content (AvgIpc) is 3.34. The molecule has 1 aromatic carbocycles. The van der Waals surface area contributed by atoms with Gasteiger partial charge in [0.25, 0.3) is 0 Å². The Morgan fingerprint density at radius 3 is 2.69 bits per heavy atom. The predicted octanol–water partition coefficient (Wildman–Crippen LogP) is 4.70. The first-order chi connectivity index (χ1) is 18.5. The van der Waals surface area contributed by atoms with Gasteiger partial charge in [0.15, 0.2) is 0 Å². The largest absolute Gasteiger partial charge is 0.349 e. The Bertz CT molecular complexity index is 1300. The quantitative estimate of drug-likeness (QED) is 0.582. The number of hydrogen-bond donors (Lipinski definition) is 1. The molecule has 2 saturated heterocycles. The van der Waals surface area contributed by atoms with Gasteiger partial charge in [-0.25, -0.2) is 9.37 Å². The molecule has 8 heteroatoms. The number of carbonyl (C=O) groups excluding carboxylic acids is 2. The van der Waals surface area contributed by atoms with Gasteiger partial charge in [0.05, 0.1) is 18.3 Å². The highest BCUT2D eigenvalue weighted by atomic mass is 19.1. The van der Waals surface area contributed by atoms with Crippen molar-refractivity contribution in [3.05, 3.63) is 52.9 Å². The molecule has 3 fully saturated rings. The van der Waals surface area contributed by atoms with Gasteiger partial charge in [0, 0.05) is 55.2 Å². The number of aromatic nitrogens is 2. The Morgan fingerprint density at radius 2 is 2.00 bits per heavy atom. The van der Waals surface area contributed by atoms with Crippen LogP contribution in [0.4, 0.5) is 4.39 Å². The van der Waals surface area contributed by atoms with Crippen LogP contribution in [-0.4, -0.2) is 55.8 Å². The number of fused-ring (bicyclic) bond motifs is 2. The maximum absolute atomic E-state index is 14.0. The molecule has 0 radical (unpaired) electrons. The van der Waals surface area contributed by atoms with E-state index >= 15 is 0 Å². The standard InChI is InChI=1S/C31H42FN5O2/c1-19-33-27-18-35(29(39)30(3,4)5)11-10-28(27)37(19)25-15-24-14-22-16-31(22,17-25)36(24)12-9-26(34-20(2)38)21-7-6-8-23(32)13-21/h6-8,13,22,24-26H,9-12,14-18H2,1-5H3,(H,34,38)/t22-,24-,25+,26-,31?/m0/s1. The van der Waals surface area contributed by atoms with E-state index in [0.29, 0.717) is 18.6 Å². The van der Waals surface area contributed by atoms with Gasteiger partial charge in [-0.2, -0.15) is 0 Å². The Hall–Kier alpha value is -2.74. The zero-order valence-corrected chi connectivity index (χ0v) is 24.0. The van der Waals surface area contributed by atoms with Crippen molar-refractivity contribution in [3.63, 3.8) is 0 Å². The number of halogens is 1. The Balaban J connectivity index is 1.17. The molecule has 2 bridgehead atoms. The Labute approximate surface area is 231 Å². The summed E-state index contributed by atoms with van der Waals surface area (Å²) in [6.07, 6.45) is 6.37. The van der Waals surface area contributed by atoms with Crippen LogP contribution in [0.5, 0.6) is 0 Å². The number of rotatable bonds is 6. The number of nitrogens with one attached hydrogen (secondary N) is 1. The van der Waals surface area contributed by atoms with Crippen LogP contribution < -0.4 is 5.32 Å². The van der Waals surface area contributed by atoms with E-state index in [1.807, 2.05) is 31.7 Å². The fourth-order valence-electron chi connectivity index (χ4n) is 8.07. The highest BCUT2D eigenvalue weighted by Gasteiger charge is 2.67. The van der Waals surface area contributed by atoms with E-state index < -0.39 is 0 Å². The number of nitrogens with zero attached hydrogens (tertiary/aromatic N) is 4. The normalized spacial score (nSPS) is 28.6. The van der Waals surface area contributed by atoms with Gasteiger partial charge in [-0.1, -0.05) is 32.9 Å². The topological polar surface area (TPSA) is 70.5 Å². The third-order valence-corrected chi connectivity index (χ3v) is 9.71. The lowest BCUT2D eigenvalue weighted by molar-refractivity contribution is -0.140. The molecule has 1 N–H and O–H groups in total. The summed E-state index contributed by atoms with van der Waals surface area (Å²) < 4.78 is 16.5. The molecular formula is C31H42FN5O2. The second-order valence-electron chi connectivity index (χ2n) is 13.4. The first-order valence-electron chi connectivity index (χ1n) is 14.6. The molecule has 4 heterocycles. The van der Waals surface area contributed by atoms with Crippen molar-refractivity contribution in [2.24, 2.45) is 11.3 Å². The molecule has 6 rings (SSSR count). The molecule has 2 amide bonds. The summed E-state index contributed by atoms with van der Waals surface area (Å²) in [6.45, 7) is 11.9. The first-order valence-corrected chi connectivity index (χ1v) is 14.6. The zero-order valence-electron chi connectivity index (χ0n) is 24.0. The number of benzene rings is 1. The maximum atomic E-state index is 14.0. The van der Waals surface area contributed by atoms with Crippen molar-refractivity contribution >= 4 is 11.8 Å². The van der Waals surface area contributed by atoms with Crippen LogP contribution >= 0.6 is 0 Å². The van der Waals surface area contributed by atoms with Crippen LogP contribution in [0.3, 0.4) is 0 Å². The molecule has 1 aromatic heterocycles. The van der Waals surface area contributed by atoms with Crippen molar-refractivity contribution in [1.29, 1.82) is 0 Å². The highest BCUT2D eigenvalue weighted by Crippen LogP contribution is 2.66. The van der Waals surface area contributed by atoms with E-state index in [-0.39, 0.29) is 34.6 Å². The minimum Gasteiger partial charge on any atom is -0.349 e. The van der Waals surface area contributed by atoms with Crippen LogP contribution in [0, 0.1) is 24.1 Å². The second kappa shape index (κ2) is 9.43. The molecule has 39 heavy (non-hydrogen) atoms. The summed E-state index contributed by atoms with van der Waals surface area (Å²) in [5.74, 6) is 1.67. The highest BCUT2D eigenvalue weighted by molar-refractivity contribution is 5.81. The van der Waals surface area contributed by atoms with Crippen LogP contribution in [0.25, 0.3) is 0 Å². The van der Waals surface area contributed by atoms with Gasteiger partial charge in [0.2, 0.25) is 11.8 Å². The summed E-state index contributed by atoms with van der Waals surface area (Å²) in [4.78, 5) is 34.6. The van der Waals surface area contributed by atoms with Crippen molar-refractivity contribution in [2.75, 3.05) is 13.1 Å². The van der Waals surface area contributed by atoms with Crippen molar-refractivity contribution < 1.29 is 14.0 Å². The van der Waals surface area contributed by atoms with Gasteiger partial charge in [0.1, 0.15) is 11.6 Å². The average molecular weight is 536 g/mol. The number of carbonyl (C=O) groups is 2. The Morgan fingerprint density at radius 1 is 1.21 bits per heavy atom. The molecular weight excluding hydrogens is 493 g/mol. The summed E-state index contributed by atoms with van der Waals surface area (Å²) >= 11 is 0. The van der Waals surface area contributed by atoms with E-state index in [9.17, 15) is 14.0 Å². The zero-order chi connectivity index (χ0) is 27.7. The smallest absolute Gasteiger partial charge is 0.228 e. The van der Waals surface area contributed by atoms with Gasteiger partial charge in [-0.3, -0.25) is 14.5 Å². The van der Waals surface area contributed by atoms with Crippen molar-refractivity contribution in [2.45, 2.75) is 103 Å². The Kier molecular flexibility index (Phi) is 6.40. The lowest BCUT2D eigenvalue weighted by atomic mass is 9.90. The summed E-state index contributed by atoms with van der Waals surface area (Å²) in [5, 5.41) is 3.06. The monoisotopic (exact) mass is 535 g/mol. The van der Waals surface area contributed by atoms with Crippen LogP contribution in [0.15, 0.2) is 24.3 Å². The molecule has 4 aliphatic rings. The van der Waals surface area contributed by atoms with E-state index in [1.165, 1.54) is 31.5 Å². The second-order valence-corrected chi connectivity index (χ2v) is 13.4. The van der Waals surface area contributed by atoms with E-state index in [1.54, 1.807) is 12.1 Å². The first kappa shape index (κ1) is 26.5. The van der Waals surface area contributed by atoms with Gasteiger partial charge < -0.3 is 14.8 Å². The van der Waals surface area contributed by atoms with E-state index in [4.69, 9.17) is 4.98 Å². The number of amides is 2. The van der Waals surface area contributed by atoms with Gasteiger partial charge in [-0.05, 0) is 62.6 Å². The summed E-state index contributed by atoms with van der Waals surface area (Å²) in [5.41, 5.74) is 3.09. The molecule has 5 atom stereocenters. The third-order valence-electron chi connectivity index (χ3n) is 9.71. The van der Waals surface area contributed by atoms with Gasteiger partial charge >= 0.3 is 0 Å². The van der Waals surface area contributed by atoms with E-state index in [2.05, 4.69) is 21.7 Å². The third kappa shape index (κ3) is 4.68. The van der Waals surface area contributed by atoms with Crippen LogP contribution in [0.2, 0.25) is 0 Å². The van der Waals surface area contributed by atoms with Crippen LogP contribution in [0.1, 0.15) is 94.7 Å². The maximum Gasteiger partial charge on any atom is 0.228 e. The molecule has 1 unspecified atom stereocenters. The minimum absolute atomic E-state index is 0.0866. The fourth-order valence-corrected chi connectivity index (χ4v) is 8.07. The van der Waals surface area contributed by atoms with Crippen LogP contribution in [-0.2, 0) is 22.6 Å². The summed E-state index contributed by atoms with van der Waals surface area (Å²) in [6, 6.07) is 7.39. The number of hydrogen-bond acceptors (Lipinski definition) is 4.